The monoisotopic (exact) mass is 245 g/mol. The highest BCUT2D eigenvalue weighted by atomic mass is 32.1. The topological polar surface area (TPSA) is 78.9 Å². The quantitative estimate of drug-likeness (QED) is 0.684. The lowest BCUT2D eigenvalue weighted by Crippen LogP contribution is -2.06. The fourth-order valence-corrected chi connectivity index (χ4v) is 2.27. The van der Waals surface area contributed by atoms with Crippen LogP contribution in [0.15, 0.2) is 35.0 Å². The van der Waals surface area contributed by atoms with Crippen LogP contribution in [-0.4, -0.2) is 20.1 Å². The first-order valence-electron chi connectivity index (χ1n) is 4.85. The summed E-state index contributed by atoms with van der Waals surface area (Å²) in [7, 11) is 0. The fourth-order valence-electron chi connectivity index (χ4n) is 1.66. The van der Waals surface area contributed by atoms with Gasteiger partial charge < -0.3 is 10.1 Å². The Kier molecular flexibility index (Phi) is 2.15. The highest BCUT2D eigenvalue weighted by molar-refractivity contribution is 7.13. The van der Waals surface area contributed by atoms with Gasteiger partial charge in [0.05, 0.1) is 22.1 Å². The first-order chi connectivity index (χ1) is 8.25. The van der Waals surface area contributed by atoms with Crippen LogP contribution >= 0.6 is 11.3 Å². The van der Waals surface area contributed by atoms with Crippen LogP contribution in [0.25, 0.3) is 21.3 Å². The molecular formula is C11H7N3O2S. The van der Waals surface area contributed by atoms with Gasteiger partial charge in [-0.1, -0.05) is 0 Å². The van der Waals surface area contributed by atoms with Gasteiger partial charge in [0.15, 0.2) is 0 Å². The van der Waals surface area contributed by atoms with Crippen LogP contribution in [0.1, 0.15) is 0 Å². The number of nitrogens with zero attached hydrogens (tertiary/aromatic N) is 2. The molecule has 3 aromatic rings. The number of rotatable bonds is 1. The van der Waals surface area contributed by atoms with E-state index in [1.54, 1.807) is 23.8 Å². The van der Waals surface area contributed by atoms with E-state index in [9.17, 15) is 9.90 Å². The number of thiazole rings is 1. The van der Waals surface area contributed by atoms with Crippen LogP contribution in [0.2, 0.25) is 0 Å². The molecule has 3 rings (SSSR count). The lowest BCUT2D eigenvalue weighted by Gasteiger charge is -2.02. The number of phenolic OH excluding ortho intramolecular Hbond substituents is 1. The Morgan fingerprint density at radius 3 is 3.00 bits per heavy atom. The SMILES string of the molecule is O=c1[nH]cnc2c(O)cc(-c3cncs3)cc12. The molecule has 0 unspecified atom stereocenters. The number of benzene rings is 1. The summed E-state index contributed by atoms with van der Waals surface area (Å²) in [6.45, 7) is 0. The van der Waals surface area contributed by atoms with E-state index < -0.39 is 0 Å². The summed E-state index contributed by atoms with van der Waals surface area (Å²) in [4.78, 5) is 22.9. The summed E-state index contributed by atoms with van der Waals surface area (Å²) >= 11 is 1.44. The zero-order valence-electron chi connectivity index (χ0n) is 8.54. The maximum Gasteiger partial charge on any atom is 0.258 e. The second-order valence-corrected chi connectivity index (χ2v) is 4.38. The summed E-state index contributed by atoms with van der Waals surface area (Å²) in [6.07, 6.45) is 2.96. The molecule has 0 amide bonds. The van der Waals surface area contributed by atoms with Crippen molar-refractivity contribution in [3.63, 3.8) is 0 Å². The average Bonchev–Trinajstić information content (AvgIpc) is 2.84. The van der Waals surface area contributed by atoms with E-state index in [1.165, 1.54) is 17.7 Å². The minimum Gasteiger partial charge on any atom is -0.506 e. The third kappa shape index (κ3) is 1.58. The Bertz CT molecular complexity index is 734. The minimum absolute atomic E-state index is 0.00278. The number of hydrogen-bond acceptors (Lipinski definition) is 5. The van der Waals surface area contributed by atoms with Crippen LogP contribution in [-0.2, 0) is 0 Å². The van der Waals surface area contributed by atoms with Crippen molar-refractivity contribution >= 4 is 22.2 Å². The average molecular weight is 245 g/mol. The van der Waals surface area contributed by atoms with E-state index in [0.29, 0.717) is 10.9 Å². The van der Waals surface area contributed by atoms with Gasteiger partial charge in [-0.2, -0.15) is 0 Å². The molecule has 0 aliphatic heterocycles. The summed E-state index contributed by atoms with van der Waals surface area (Å²) in [6, 6.07) is 3.29. The predicted octanol–water partition coefficient (Wildman–Crippen LogP) is 1.75. The Hall–Kier alpha value is -2.21. The van der Waals surface area contributed by atoms with Gasteiger partial charge in [0, 0.05) is 6.20 Å². The van der Waals surface area contributed by atoms with Crippen molar-refractivity contribution < 1.29 is 5.11 Å². The maximum absolute atomic E-state index is 11.6. The molecule has 2 aromatic heterocycles. The van der Waals surface area contributed by atoms with E-state index >= 15 is 0 Å². The number of nitrogens with one attached hydrogen (secondary N) is 1. The Morgan fingerprint density at radius 2 is 2.24 bits per heavy atom. The second-order valence-electron chi connectivity index (χ2n) is 3.49. The van der Waals surface area contributed by atoms with Crippen LogP contribution in [0.4, 0.5) is 0 Å². The summed E-state index contributed by atoms with van der Waals surface area (Å²) in [5, 5.41) is 10.2. The molecular weight excluding hydrogens is 238 g/mol. The summed E-state index contributed by atoms with van der Waals surface area (Å²) in [5.74, 6) is -0.00278. The smallest absolute Gasteiger partial charge is 0.258 e. The van der Waals surface area contributed by atoms with Crippen molar-refractivity contribution in [2.75, 3.05) is 0 Å². The molecule has 0 aliphatic carbocycles. The molecule has 0 saturated heterocycles. The lowest BCUT2D eigenvalue weighted by molar-refractivity contribution is 0.480. The van der Waals surface area contributed by atoms with Gasteiger partial charge >= 0.3 is 0 Å². The normalized spacial score (nSPS) is 10.8. The van der Waals surface area contributed by atoms with Gasteiger partial charge in [0.1, 0.15) is 11.3 Å². The Labute approximate surface area is 99.4 Å². The molecule has 0 radical (unpaired) electrons. The highest BCUT2D eigenvalue weighted by Crippen LogP contribution is 2.30. The number of aromatic amines is 1. The molecule has 84 valence electrons. The van der Waals surface area contributed by atoms with Crippen LogP contribution in [0.3, 0.4) is 0 Å². The van der Waals surface area contributed by atoms with Crippen LogP contribution < -0.4 is 5.56 Å². The van der Waals surface area contributed by atoms with Crippen molar-refractivity contribution in [3.8, 4) is 16.2 Å². The zero-order chi connectivity index (χ0) is 11.8. The molecule has 17 heavy (non-hydrogen) atoms. The van der Waals surface area contributed by atoms with E-state index in [4.69, 9.17) is 0 Å². The van der Waals surface area contributed by atoms with Gasteiger partial charge in [0.25, 0.3) is 5.56 Å². The van der Waals surface area contributed by atoms with Crippen molar-refractivity contribution in [2.24, 2.45) is 0 Å². The Balaban J connectivity index is 2.38. The number of H-pyrrole nitrogens is 1. The van der Waals surface area contributed by atoms with Gasteiger partial charge in [-0.25, -0.2) is 4.98 Å². The van der Waals surface area contributed by atoms with E-state index in [2.05, 4.69) is 15.0 Å². The van der Waals surface area contributed by atoms with Gasteiger partial charge in [0.2, 0.25) is 0 Å². The van der Waals surface area contributed by atoms with E-state index in [1.807, 2.05) is 0 Å². The number of phenols is 1. The maximum atomic E-state index is 11.6. The van der Waals surface area contributed by atoms with E-state index in [-0.39, 0.29) is 11.3 Å². The molecule has 0 bridgehead atoms. The molecule has 6 heteroatoms. The predicted molar refractivity (Wildman–Crippen MR) is 65.1 cm³/mol. The molecule has 1 aromatic carbocycles. The zero-order valence-corrected chi connectivity index (χ0v) is 9.36. The first kappa shape index (κ1) is 9.98. The number of hydrogen-bond donors (Lipinski definition) is 2. The third-order valence-electron chi connectivity index (χ3n) is 2.44. The van der Waals surface area contributed by atoms with Crippen LogP contribution in [0, 0.1) is 0 Å². The number of aromatic nitrogens is 3. The van der Waals surface area contributed by atoms with Crippen molar-refractivity contribution in [3.05, 3.63) is 40.5 Å². The third-order valence-corrected chi connectivity index (χ3v) is 3.26. The summed E-state index contributed by atoms with van der Waals surface area (Å²) < 4.78 is 0. The van der Waals surface area contributed by atoms with Crippen molar-refractivity contribution in [1.29, 1.82) is 0 Å². The van der Waals surface area contributed by atoms with Crippen molar-refractivity contribution in [1.82, 2.24) is 15.0 Å². The molecule has 0 aliphatic rings. The molecule has 0 saturated carbocycles. The molecule has 0 fully saturated rings. The lowest BCUT2D eigenvalue weighted by atomic mass is 10.1. The van der Waals surface area contributed by atoms with Crippen molar-refractivity contribution in [2.45, 2.75) is 0 Å². The molecule has 2 N–H and O–H groups in total. The Morgan fingerprint density at radius 1 is 1.35 bits per heavy atom. The minimum atomic E-state index is -0.267. The molecule has 0 spiro atoms. The largest absolute Gasteiger partial charge is 0.506 e. The molecule has 2 heterocycles. The van der Waals surface area contributed by atoms with Gasteiger partial charge in [-0.05, 0) is 17.7 Å². The van der Waals surface area contributed by atoms with E-state index in [0.717, 1.165) is 10.4 Å². The molecule has 5 nitrogen and oxygen atoms in total. The highest BCUT2D eigenvalue weighted by Gasteiger charge is 2.09. The van der Waals surface area contributed by atoms with Crippen LogP contribution in [0.5, 0.6) is 5.75 Å². The fraction of sp³-hybridized carbons (Fsp3) is 0. The first-order valence-corrected chi connectivity index (χ1v) is 5.73. The molecule has 0 atom stereocenters. The van der Waals surface area contributed by atoms with Gasteiger partial charge in [-0.3, -0.25) is 9.78 Å². The number of fused-ring (bicyclic) bond motifs is 1. The summed E-state index contributed by atoms with van der Waals surface area (Å²) in [5.41, 5.74) is 2.50. The standard InChI is InChI=1S/C11H7N3O2S/c15-8-2-6(9-3-12-5-17-9)1-7-10(8)13-4-14-11(7)16/h1-5,15H,(H,13,14,16). The number of aromatic hydroxyl groups is 1. The van der Waals surface area contributed by atoms with Gasteiger partial charge in [-0.15, -0.1) is 11.3 Å². The second kappa shape index (κ2) is 3.67.